The number of aliphatic hydroxyl groups is 1. The van der Waals surface area contributed by atoms with Gasteiger partial charge in [0.25, 0.3) is 5.56 Å². The van der Waals surface area contributed by atoms with Crippen LogP contribution >= 0.6 is 0 Å². The molecule has 1 fully saturated rings. The summed E-state index contributed by atoms with van der Waals surface area (Å²) < 4.78 is 16.7. The fourth-order valence-electron chi connectivity index (χ4n) is 4.96. The molecule has 0 spiro atoms. The van der Waals surface area contributed by atoms with E-state index in [-0.39, 0.29) is 17.9 Å². The molecule has 35 heavy (non-hydrogen) atoms. The molecule has 0 saturated carbocycles. The van der Waals surface area contributed by atoms with Gasteiger partial charge in [0.15, 0.2) is 0 Å². The van der Waals surface area contributed by atoms with Crippen molar-refractivity contribution >= 4 is 16.7 Å². The number of nitrogens with one attached hydrogen (secondary N) is 2. The van der Waals surface area contributed by atoms with E-state index in [4.69, 9.17) is 13.9 Å². The SMILES string of the molecule is CCN(c1cc2oc(C#N)cc2c(C(O)NCc2c(OC)cc(C)[nH]c2=O)c1C)C1CCOCC1. The first-order chi connectivity index (χ1) is 16.9. The van der Waals surface area contributed by atoms with Crippen molar-refractivity contribution in [3.63, 3.8) is 0 Å². The largest absolute Gasteiger partial charge is 0.496 e. The number of ether oxygens (including phenoxy) is 2. The predicted octanol–water partition coefficient (Wildman–Crippen LogP) is 3.40. The van der Waals surface area contributed by atoms with Crippen molar-refractivity contribution in [3.05, 3.63) is 56.7 Å². The van der Waals surface area contributed by atoms with Gasteiger partial charge in [-0.2, -0.15) is 5.26 Å². The van der Waals surface area contributed by atoms with Crippen LogP contribution in [0.25, 0.3) is 11.0 Å². The highest BCUT2D eigenvalue weighted by molar-refractivity contribution is 5.88. The van der Waals surface area contributed by atoms with E-state index in [2.05, 4.69) is 28.2 Å². The molecule has 3 heterocycles. The van der Waals surface area contributed by atoms with Crippen LogP contribution in [0, 0.1) is 25.2 Å². The topological polar surface area (TPSA) is 124 Å². The number of aryl methyl sites for hydroxylation is 1. The second-order valence-electron chi connectivity index (χ2n) is 8.81. The second kappa shape index (κ2) is 10.5. The molecule has 0 radical (unpaired) electrons. The fraction of sp³-hybridized carbons (Fsp3) is 0.462. The van der Waals surface area contributed by atoms with Crippen LogP contribution in [0.2, 0.25) is 0 Å². The summed E-state index contributed by atoms with van der Waals surface area (Å²) in [5.74, 6) is 0.629. The van der Waals surface area contributed by atoms with Gasteiger partial charge in [-0.1, -0.05) is 0 Å². The van der Waals surface area contributed by atoms with Crippen LogP contribution in [0.5, 0.6) is 5.75 Å². The molecule has 1 saturated heterocycles. The smallest absolute Gasteiger partial charge is 0.256 e. The summed E-state index contributed by atoms with van der Waals surface area (Å²) in [6.07, 6.45) is 0.721. The first-order valence-electron chi connectivity index (χ1n) is 11.9. The minimum absolute atomic E-state index is 0.0888. The predicted molar refractivity (Wildman–Crippen MR) is 133 cm³/mol. The van der Waals surface area contributed by atoms with Crippen molar-refractivity contribution in [1.29, 1.82) is 5.26 Å². The van der Waals surface area contributed by atoms with E-state index in [1.165, 1.54) is 7.11 Å². The zero-order valence-corrected chi connectivity index (χ0v) is 20.6. The van der Waals surface area contributed by atoms with E-state index < -0.39 is 6.23 Å². The molecule has 2 aromatic heterocycles. The lowest BCUT2D eigenvalue weighted by Gasteiger charge is -2.37. The minimum Gasteiger partial charge on any atom is -0.496 e. The number of benzene rings is 1. The van der Waals surface area contributed by atoms with Gasteiger partial charge in [0.1, 0.15) is 23.6 Å². The van der Waals surface area contributed by atoms with Crippen molar-refractivity contribution < 1.29 is 19.0 Å². The lowest BCUT2D eigenvalue weighted by molar-refractivity contribution is 0.0846. The molecule has 9 heteroatoms. The number of rotatable bonds is 8. The molecule has 9 nitrogen and oxygen atoms in total. The standard InChI is InChI=1S/C26H32N4O5/c1-5-30(17-6-8-34-9-7-17)21-12-23-19(11-18(13-27)35-23)24(16(21)3)26(32)28-14-20-22(33-4)10-15(2)29-25(20)31/h10-12,17,26,28,32H,5-9,14H2,1-4H3,(H,29,31). The first kappa shape index (κ1) is 24.8. The Bertz CT molecular complexity index is 1300. The summed E-state index contributed by atoms with van der Waals surface area (Å²) in [6, 6.07) is 7.71. The molecule has 1 aromatic carbocycles. The molecule has 0 bridgehead atoms. The lowest BCUT2D eigenvalue weighted by atomic mass is 9.97. The van der Waals surface area contributed by atoms with Crippen LogP contribution in [0.1, 0.15) is 54.1 Å². The Kier molecular flexibility index (Phi) is 7.45. The number of methoxy groups -OCH3 is 1. The Morgan fingerprint density at radius 2 is 2.06 bits per heavy atom. The average molecular weight is 481 g/mol. The molecule has 186 valence electrons. The third-order valence-corrected chi connectivity index (χ3v) is 6.69. The van der Waals surface area contributed by atoms with Crippen LogP contribution in [-0.4, -0.2) is 43.0 Å². The van der Waals surface area contributed by atoms with Gasteiger partial charge in [-0.15, -0.1) is 0 Å². The Morgan fingerprint density at radius 1 is 1.31 bits per heavy atom. The van der Waals surface area contributed by atoms with Crippen molar-refractivity contribution in [2.24, 2.45) is 0 Å². The quantitative estimate of drug-likeness (QED) is 0.419. The Balaban J connectivity index is 1.74. The number of nitrogens with zero attached hydrogens (tertiary/aromatic N) is 2. The van der Waals surface area contributed by atoms with Crippen molar-refractivity contribution in [2.45, 2.75) is 52.4 Å². The number of aromatic amines is 1. The summed E-state index contributed by atoms with van der Waals surface area (Å²) >= 11 is 0. The van der Waals surface area contributed by atoms with Gasteiger partial charge in [0, 0.05) is 66.8 Å². The number of anilines is 1. The van der Waals surface area contributed by atoms with Gasteiger partial charge in [-0.05, 0) is 45.2 Å². The highest BCUT2D eigenvalue weighted by atomic mass is 16.5. The maximum absolute atomic E-state index is 12.5. The number of aromatic nitrogens is 1. The number of H-pyrrole nitrogens is 1. The molecule has 4 rings (SSSR count). The van der Waals surface area contributed by atoms with Gasteiger partial charge in [-0.25, -0.2) is 0 Å². The van der Waals surface area contributed by atoms with Crippen molar-refractivity contribution in [2.75, 3.05) is 31.8 Å². The molecule has 3 aromatic rings. The monoisotopic (exact) mass is 480 g/mol. The summed E-state index contributed by atoms with van der Waals surface area (Å²) in [5.41, 5.74) is 3.81. The van der Waals surface area contributed by atoms with Gasteiger partial charge in [0.2, 0.25) is 5.76 Å². The maximum atomic E-state index is 12.5. The van der Waals surface area contributed by atoms with Crippen LogP contribution in [0.15, 0.2) is 27.4 Å². The highest BCUT2D eigenvalue weighted by Gasteiger charge is 2.27. The number of fused-ring (bicyclic) bond motifs is 1. The molecule has 0 amide bonds. The third kappa shape index (κ3) is 4.91. The molecule has 3 N–H and O–H groups in total. The summed E-state index contributed by atoms with van der Waals surface area (Å²) in [6.45, 7) is 8.15. The Labute approximate surface area is 204 Å². The summed E-state index contributed by atoms with van der Waals surface area (Å²) in [4.78, 5) is 17.6. The first-order valence-corrected chi connectivity index (χ1v) is 11.9. The number of hydrogen-bond acceptors (Lipinski definition) is 8. The number of furan rings is 1. The second-order valence-corrected chi connectivity index (χ2v) is 8.81. The van der Waals surface area contributed by atoms with Crippen LogP contribution in [0.3, 0.4) is 0 Å². The number of nitriles is 1. The van der Waals surface area contributed by atoms with Gasteiger partial charge < -0.3 is 28.9 Å². The summed E-state index contributed by atoms with van der Waals surface area (Å²) in [5, 5.41) is 24.5. The lowest BCUT2D eigenvalue weighted by Crippen LogP contribution is -2.40. The van der Waals surface area contributed by atoms with E-state index in [1.807, 2.05) is 13.0 Å². The van der Waals surface area contributed by atoms with E-state index in [0.29, 0.717) is 52.8 Å². The molecule has 1 atom stereocenters. The van der Waals surface area contributed by atoms with Gasteiger partial charge >= 0.3 is 0 Å². The minimum atomic E-state index is -1.11. The molecular weight excluding hydrogens is 448 g/mol. The number of aliphatic hydroxyl groups excluding tert-OH is 1. The molecule has 1 aliphatic rings. The average Bonchev–Trinajstić information content (AvgIpc) is 3.27. The highest BCUT2D eigenvalue weighted by Crippen LogP contribution is 2.37. The van der Waals surface area contributed by atoms with Gasteiger partial charge in [0.05, 0.1) is 12.7 Å². The van der Waals surface area contributed by atoms with Crippen LogP contribution < -0.4 is 20.5 Å². The van der Waals surface area contributed by atoms with Crippen LogP contribution in [-0.2, 0) is 11.3 Å². The Morgan fingerprint density at radius 3 is 2.71 bits per heavy atom. The summed E-state index contributed by atoms with van der Waals surface area (Å²) in [7, 11) is 1.51. The third-order valence-electron chi connectivity index (χ3n) is 6.69. The zero-order valence-electron chi connectivity index (χ0n) is 20.6. The van der Waals surface area contributed by atoms with E-state index in [9.17, 15) is 15.2 Å². The Hall–Kier alpha value is -3.32. The molecule has 0 aliphatic carbocycles. The van der Waals surface area contributed by atoms with E-state index in [1.54, 1.807) is 19.1 Å². The number of hydrogen-bond donors (Lipinski definition) is 3. The van der Waals surface area contributed by atoms with E-state index >= 15 is 0 Å². The van der Waals surface area contributed by atoms with Crippen molar-refractivity contribution in [1.82, 2.24) is 10.3 Å². The zero-order chi connectivity index (χ0) is 25.1. The van der Waals surface area contributed by atoms with Crippen LogP contribution in [0.4, 0.5) is 5.69 Å². The maximum Gasteiger partial charge on any atom is 0.256 e. The molecule has 1 aliphatic heterocycles. The van der Waals surface area contributed by atoms with Crippen molar-refractivity contribution in [3.8, 4) is 11.8 Å². The van der Waals surface area contributed by atoms with Gasteiger partial charge in [-0.3, -0.25) is 10.1 Å². The fourth-order valence-corrected chi connectivity index (χ4v) is 4.96. The van der Waals surface area contributed by atoms with E-state index in [0.717, 1.165) is 30.6 Å². The number of pyridine rings is 1. The normalized spacial score (nSPS) is 15.2. The molecule has 1 unspecified atom stereocenters. The molecular formula is C26H32N4O5.